The van der Waals surface area contributed by atoms with Crippen molar-refractivity contribution in [1.29, 1.82) is 0 Å². The highest BCUT2D eigenvalue weighted by molar-refractivity contribution is 6.30. The summed E-state index contributed by atoms with van der Waals surface area (Å²) >= 11 is 6.05. The van der Waals surface area contributed by atoms with Crippen molar-refractivity contribution in [3.05, 3.63) is 106 Å². The highest BCUT2D eigenvalue weighted by Crippen LogP contribution is 2.28. The van der Waals surface area contributed by atoms with Crippen LogP contribution in [0.1, 0.15) is 61.1 Å². The Morgan fingerprint density at radius 1 is 0.971 bits per heavy atom. The maximum absolute atomic E-state index is 13.2. The van der Waals surface area contributed by atoms with Crippen molar-refractivity contribution in [2.75, 3.05) is 13.2 Å². The van der Waals surface area contributed by atoms with Gasteiger partial charge in [-0.1, -0.05) is 54.1 Å². The van der Waals surface area contributed by atoms with Gasteiger partial charge in [0.2, 0.25) is 0 Å². The Labute approximate surface area is 202 Å². The minimum absolute atomic E-state index is 0.129. The first-order valence-electron chi connectivity index (χ1n) is 11.2. The summed E-state index contributed by atoms with van der Waals surface area (Å²) in [5.74, 6) is -1.07. The summed E-state index contributed by atoms with van der Waals surface area (Å²) in [6.45, 7) is 0.884. The van der Waals surface area contributed by atoms with Crippen LogP contribution in [0.15, 0.2) is 72.8 Å². The molecule has 0 bridgehead atoms. The average Bonchev–Trinajstić information content (AvgIpc) is 3.46. The van der Waals surface area contributed by atoms with Gasteiger partial charge in [-0.05, 0) is 54.3 Å². The monoisotopic (exact) mass is 474 g/mol. The topological polar surface area (TPSA) is 75.7 Å². The largest absolute Gasteiger partial charge is 0.376 e. The maximum atomic E-state index is 13.2. The number of benzene rings is 3. The molecule has 3 aromatic carbocycles. The molecular formula is C27H23ClN2O4. The van der Waals surface area contributed by atoms with Crippen molar-refractivity contribution >= 4 is 29.3 Å². The lowest BCUT2D eigenvalue weighted by Crippen LogP contribution is -2.36. The minimum atomic E-state index is -0.410. The quantitative estimate of drug-likeness (QED) is 0.528. The van der Waals surface area contributed by atoms with Crippen molar-refractivity contribution in [3.63, 3.8) is 0 Å². The molecular weight excluding hydrogens is 452 g/mol. The molecule has 5 rings (SSSR count). The van der Waals surface area contributed by atoms with E-state index in [1.54, 1.807) is 24.3 Å². The molecule has 3 aromatic rings. The van der Waals surface area contributed by atoms with E-state index in [0.717, 1.165) is 24.0 Å². The number of nitrogens with one attached hydrogen (secondary N) is 1. The Hall–Kier alpha value is -3.48. The molecule has 1 N–H and O–H groups in total. The number of halogens is 1. The van der Waals surface area contributed by atoms with Gasteiger partial charge >= 0.3 is 0 Å². The molecule has 1 fully saturated rings. The first-order chi connectivity index (χ1) is 16.5. The van der Waals surface area contributed by atoms with E-state index in [2.05, 4.69) is 5.32 Å². The maximum Gasteiger partial charge on any atom is 0.261 e. The number of nitrogens with zero attached hydrogens (tertiary/aromatic N) is 1. The third-order valence-electron chi connectivity index (χ3n) is 6.25. The van der Waals surface area contributed by atoms with E-state index in [-0.39, 0.29) is 35.9 Å². The van der Waals surface area contributed by atoms with Crippen molar-refractivity contribution in [2.24, 2.45) is 0 Å². The molecule has 2 aliphatic heterocycles. The molecule has 0 unspecified atom stereocenters. The van der Waals surface area contributed by atoms with E-state index in [4.69, 9.17) is 16.3 Å². The van der Waals surface area contributed by atoms with Gasteiger partial charge in [0.15, 0.2) is 0 Å². The second kappa shape index (κ2) is 9.41. The van der Waals surface area contributed by atoms with Gasteiger partial charge in [0.25, 0.3) is 17.7 Å². The fourth-order valence-corrected chi connectivity index (χ4v) is 4.59. The van der Waals surface area contributed by atoms with Crippen LogP contribution in [0.2, 0.25) is 5.02 Å². The van der Waals surface area contributed by atoms with E-state index in [1.165, 1.54) is 11.0 Å². The molecule has 1 saturated heterocycles. The standard InChI is InChI=1S/C27H23ClN2O4/c28-20-11-8-18(9-12-20)24(17-5-2-1-3-6-17)29-25(31)19-10-13-22-23(15-19)27(33)30(26(22)32)16-21-7-4-14-34-21/h1-3,5-6,8-13,15,21,24H,4,7,14,16H2,(H,29,31)/t21-,24-/m0/s1. The third kappa shape index (κ3) is 4.34. The molecule has 2 heterocycles. The summed E-state index contributed by atoms with van der Waals surface area (Å²) < 4.78 is 5.59. The van der Waals surface area contributed by atoms with Crippen LogP contribution in [0.3, 0.4) is 0 Å². The third-order valence-corrected chi connectivity index (χ3v) is 6.51. The van der Waals surface area contributed by atoms with E-state index >= 15 is 0 Å². The Balaban J connectivity index is 1.39. The summed E-state index contributed by atoms with van der Waals surface area (Å²) in [4.78, 5) is 40.2. The molecule has 2 atom stereocenters. The fraction of sp³-hybridized carbons (Fsp3) is 0.222. The van der Waals surface area contributed by atoms with Crippen LogP contribution >= 0.6 is 11.6 Å². The Kier molecular flexibility index (Phi) is 6.18. The van der Waals surface area contributed by atoms with Crippen molar-refractivity contribution < 1.29 is 19.1 Å². The smallest absolute Gasteiger partial charge is 0.261 e. The van der Waals surface area contributed by atoms with Gasteiger partial charge in [-0.2, -0.15) is 0 Å². The number of carbonyl (C=O) groups excluding carboxylic acids is 3. The SMILES string of the molecule is O=C(N[C@@H](c1ccccc1)c1ccc(Cl)cc1)c1ccc2c(c1)C(=O)N(C[C@@H]1CCCO1)C2=O. The first-order valence-corrected chi connectivity index (χ1v) is 11.6. The van der Waals surface area contributed by atoms with Gasteiger partial charge in [0.05, 0.1) is 29.8 Å². The zero-order valence-corrected chi connectivity index (χ0v) is 19.1. The summed E-state index contributed by atoms with van der Waals surface area (Å²) in [6, 6.07) is 21.1. The number of carbonyl (C=O) groups is 3. The molecule has 0 aliphatic carbocycles. The summed E-state index contributed by atoms with van der Waals surface area (Å²) in [5.41, 5.74) is 2.66. The second-order valence-corrected chi connectivity index (χ2v) is 8.92. The highest BCUT2D eigenvalue weighted by atomic mass is 35.5. The number of ether oxygens (including phenoxy) is 1. The van der Waals surface area contributed by atoms with Crippen LogP contribution in [0.25, 0.3) is 0 Å². The molecule has 7 heteroatoms. The Morgan fingerprint density at radius 2 is 1.68 bits per heavy atom. The van der Waals surface area contributed by atoms with Gasteiger partial charge < -0.3 is 10.1 Å². The predicted octanol–water partition coefficient (Wildman–Crippen LogP) is 4.63. The molecule has 0 spiro atoms. The predicted molar refractivity (Wildman–Crippen MR) is 128 cm³/mol. The van der Waals surface area contributed by atoms with Crippen LogP contribution in [-0.2, 0) is 4.74 Å². The molecule has 0 radical (unpaired) electrons. The lowest BCUT2D eigenvalue weighted by Gasteiger charge is -2.20. The van der Waals surface area contributed by atoms with Gasteiger partial charge in [-0.25, -0.2) is 0 Å². The molecule has 0 saturated carbocycles. The number of hydrogen-bond donors (Lipinski definition) is 1. The van der Waals surface area contributed by atoms with Gasteiger partial charge in [0, 0.05) is 17.2 Å². The van der Waals surface area contributed by atoms with Gasteiger partial charge in [0.1, 0.15) is 0 Å². The number of hydrogen-bond acceptors (Lipinski definition) is 4. The lowest BCUT2D eigenvalue weighted by molar-refractivity contribution is 0.0475. The number of rotatable bonds is 6. The average molecular weight is 475 g/mol. The summed E-state index contributed by atoms with van der Waals surface area (Å²) in [6.07, 6.45) is 1.62. The number of amides is 3. The second-order valence-electron chi connectivity index (χ2n) is 8.49. The number of fused-ring (bicyclic) bond motifs is 1. The van der Waals surface area contributed by atoms with E-state index in [0.29, 0.717) is 22.8 Å². The molecule has 0 aromatic heterocycles. The van der Waals surface area contributed by atoms with Crippen LogP contribution < -0.4 is 5.32 Å². The van der Waals surface area contributed by atoms with Crippen LogP contribution in [0.4, 0.5) is 0 Å². The van der Waals surface area contributed by atoms with Gasteiger partial charge in [-0.3, -0.25) is 19.3 Å². The van der Waals surface area contributed by atoms with Crippen molar-refractivity contribution in [1.82, 2.24) is 10.2 Å². The number of imide groups is 1. The van der Waals surface area contributed by atoms with Crippen molar-refractivity contribution in [3.8, 4) is 0 Å². The zero-order valence-electron chi connectivity index (χ0n) is 18.4. The Bertz CT molecular complexity index is 1240. The molecule has 34 heavy (non-hydrogen) atoms. The van der Waals surface area contributed by atoms with Gasteiger partial charge in [-0.15, -0.1) is 0 Å². The minimum Gasteiger partial charge on any atom is -0.376 e. The molecule has 2 aliphatic rings. The Morgan fingerprint density at radius 3 is 2.38 bits per heavy atom. The summed E-state index contributed by atoms with van der Waals surface area (Å²) in [7, 11) is 0. The van der Waals surface area contributed by atoms with E-state index in [1.807, 2.05) is 42.5 Å². The fourth-order valence-electron chi connectivity index (χ4n) is 4.46. The normalized spacial score (nSPS) is 18.1. The van der Waals surface area contributed by atoms with Crippen LogP contribution in [0.5, 0.6) is 0 Å². The van der Waals surface area contributed by atoms with Crippen LogP contribution in [0, 0.1) is 0 Å². The van der Waals surface area contributed by atoms with Crippen LogP contribution in [-0.4, -0.2) is 41.9 Å². The summed E-state index contributed by atoms with van der Waals surface area (Å²) in [5, 5.41) is 3.67. The highest BCUT2D eigenvalue weighted by Gasteiger charge is 2.38. The zero-order chi connectivity index (χ0) is 23.7. The molecule has 3 amide bonds. The molecule has 172 valence electrons. The molecule has 6 nitrogen and oxygen atoms in total. The van der Waals surface area contributed by atoms with E-state index in [9.17, 15) is 14.4 Å². The van der Waals surface area contributed by atoms with E-state index < -0.39 is 6.04 Å². The van der Waals surface area contributed by atoms with Crippen molar-refractivity contribution in [2.45, 2.75) is 25.0 Å². The lowest BCUT2D eigenvalue weighted by atomic mass is 9.98. The first kappa shape index (κ1) is 22.3.